The molecule has 2 aromatic rings. The highest BCUT2D eigenvalue weighted by Gasteiger charge is 2.30. The minimum absolute atomic E-state index is 0.00376. The van der Waals surface area contributed by atoms with Gasteiger partial charge in [0.25, 0.3) is 6.02 Å². The van der Waals surface area contributed by atoms with E-state index in [1.807, 2.05) is 36.4 Å². The molecule has 1 saturated heterocycles. The number of likely N-dealkylation sites (N-methyl/N-ethyl adjacent to an activating group) is 1. The molecule has 0 aromatic heterocycles. The standard InChI is InChI=1S/C24H29N5O4/c1-28-8-10-29(11-9-28)13-22(30)25-17-6-7-18-16(12-17)14-33-24(26-18)27-19-15-32-21-5-3-4-20(31-2)23(19)21/h3-7,12,19H,8-11,13-15H2,1-2H3,(H,25,30)(H,26,27). The van der Waals surface area contributed by atoms with E-state index < -0.39 is 0 Å². The van der Waals surface area contributed by atoms with E-state index >= 15 is 0 Å². The Kier molecular flexibility index (Phi) is 6.06. The number of fused-ring (bicyclic) bond motifs is 2. The summed E-state index contributed by atoms with van der Waals surface area (Å²) in [7, 11) is 3.75. The lowest BCUT2D eigenvalue weighted by molar-refractivity contribution is -0.117. The van der Waals surface area contributed by atoms with Crippen LogP contribution in [0.15, 0.2) is 41.4 Å². The van der Waals surface area contributed by atoms with Crippen LogP contribution in [-0.4, -0.2) is 75.2 Å². The van der Waals surface area contributed by atoms with Crippen LogP contribution in [0.4, 0.5) is 11.4 Å². The van der Waals surface area contributed by atoms with Gasteiger partial charge >= 0.3 is 0 Å². The number of aliphatic imine (C=N–C) groups is 1. The molecular weight excluding hydrogens is 422 g/mol. The van der Waals surface area contributed by atoms with Crippen LogP contribution in [-0.2, 0) is 16.1 Å². The molecule has 1 amide bonds. The molecule has 3 aliphatic rings. The second-order valence-corrected chi connectivity index (χ2v) is 8.56. The number of piperazine rings is 1. The summed E-state index contributed by atoms with van der Waals surface area (Å²) in [5, 5.41) is 6.33. The maximum atomic E-state index is 12.5. The van der Waals surface area contributed by atoms with E-state index in [0.717, 1.165) is 60.2 Å². The van der Waals surface area contributed by atoms with Gasteiger partial charge in [0, 0.05) is 37.4 Å². The molecule has 3 aliphatic heterocycles. The molecule has 1 atom stereocenters. The van der Waals surface area contributed by atoms with Crippen LogP contribution in [0, 0.1) is 0 Å². The maximum absolute atomic E-state index is 12.5. The van der Waals surface area contributed by atoms with E-state index in [1.165, 1.54) is 0 Å². The maximum Gasteiger partial charge on any atom is 0.290 e. The fraction of sp³-hybridized carbons (Fsp3) is 0.417. The van der Waals surface area contributed by atoms with Crippen molar-refractivity contribution in [2.45, 2.75) is 12.6 Å². The number of carbonyl (C=O) groups is 1. The molecule has 2 aromatic carbocycles. The molecule has 1 unspecified atom stereocenters. The zero-order valence-electron chi connectivity index (χ0n) is 19.0. The Labute approximate surface area is 193 Å². The fourth-order valence-corrected chi connectivity index (χ4v) is 4.35. The van der Waals surface area contributed by atoms with E-state index in [4.69, 9.17) is 14.2 Å². The summed E-state index contributed by atoms with van der Waals surface area (Å²) >= 11 is 0. The van der Waals surface area contributed by atoms with Crippen molar-refractivity contribution in [3.05, 3.63) is 47.5 Å². The van der Waals surface area contributed by atoms with Crippen LogP contribution in [0.5, 0.6) is 11.5 Å². The van der Waals surface area contributed by atoms with Gasteiger partial charge in [0.05, 0.1) is 30.9 Å². The summed E-state index contributed by atoms with van der Waals surface area (Å²) in [6, 6.07) is 11.8. The Balaban J connectivity index is 1.22. The molecule has 174 valence electrons. The van der Waals surface area contributed by atoms with Crippen molar-refractivity contribution in [2.75, 3.05) is 58.8 Å². The number of benzene rings is 2. The number of ether oxygens (including phenoxy) is 3. The Bertz CT molecular complexity index is 1060. The predicted molar refractivity (Wildman–Crippen MR) is 125 cm³/mol. The number of methoxy groups -OCH3 is 1. The van der Waals surface area contributed by atoms with Gasteiger partial charge in [-0.1, -0.05) is 6.07 Å². The first-order valence-corrected chi connectivity index (χ1v) is 11.2. The third-order valence-electron chi connectivity index (χ3n) is 6.21. The highest BCUT2D eigenvalue weighted by Crippen LogP contribution is 2.39. The molecule has 9 heteroatoms. The van der Waals surface area contributed by atoms with Crippen molar-refractivity contribution in [2.24, 2.45) is 4.99 Å². The van der Waals surface area contributed by atoms with Crippen LogP contribution in [0.3, 0.4) is 0 Å². The summed E-state index contributed by atoms with van der Waals surface area (Å²) in [5.74, 6) is 1.58. The molecule has 3 heterocycles. The third-order valence-corrected chi connectivity index (χ3v) is 6.21. The summed E-state index contributed by atoms with van der Waals surface area (Å²) < 4.78 is 17.1. The molecule has 0 bridgehead atoms. The number of amidine groups is 1. The quantitative estimate of drug-likeness (QED) is 0.720. The van der Waals surface area contributed by atoms with E-state index in [2.05, 4.69) is 32.5 Å². The van der Waals surface area contributed by atoms with E-state index in [1.54, 1.807) is 7.11 Å². The lowest BCUT2D eigenvalue weighted by Gasteiger charge is -2.31. The molecule has 5 rings (SSSR count). The average molecular weight is 452 g/mol. The fourth-order valence-electron chi connectivity index (χ4n) is 4.35. The molecule has 9 nitrogen and oxygen atoms in total. The summed E-state index contributed by atoms with van der Waals surface area (Å²) in [6.07, 6.45) is 0. The molecule has 0 aliphatic carbocycles. The largest absolute Gasteiger partial charge is 0.496 e. The first-order valence-electron chi connectivity index (χ1n) is 11.2. The molecule has 0 spiro atoms. The molecule has 1 fully saturated rings. The van der Waals surface area contributed by atoms with Crippen LogP contribution < -0.4 is 20.1 Å². The normalized spacial score (nSPS) is 20.1. The van der Waals surface area contributed by atoms with Crippen molar-refractivity contribution >= 4 is 23.3 Å². The van der Waals surface area contributed by atoms with Crippen molar-refractivity contribution in [1.82, 2.24) is 15.1 Å². The SMILES string of the molecule is COc1cccc2c1C(NC1=Nc3ccc(NC(=O)CN4CCN(C)CC4)cc3CO1)CO2. The minimum atomic E-state index is -0.107. The van der Waals surface area contributed by atoms with E-state index in [9.17, 15) is 4.79 Å². The number of rotatable bonds is 5. The highest BCUT2D eigenvalue weighted by molar-refractivity contribution is 5.92. The van der Waals surface area contributed by atoms with Gasteiger partial charge in [-0.2, -0.15) is 4.99 Å². The third kappa shape index (κ3) is 4.74. The first-order chi connectivity index (χ1) is 16.1. The molecular formula is C24H29N5O4. The van der Waals surface area contributed by atoms with Crippen molar-refractivity contribution < 1.29 is 19.0 Å². The monoisotopic (exact) mass is 451 g/mol. The molecule has 33 heavy (non-hydrogen) atoms. The van der Waals surface area contributed by atoms with E-state index in [0.29, 0.717) is 25.8 Å². The number of hydrogen-bond acceptors (Lipinski definition) is 8. The van der Waals surface area contributed by atoms with Gasteiger partial charge in [0.1, 0.15) is 24.7 Å². The Morgan fingerprint density at radius 2 is 2.03 bits per heavy atom. The second-order valence-electron chi connectivity index (χ2n) is 8.56. The zero-order chi connectivity index (χ0) is 22.8. The molecule has 0 saturated carbocycles. The zero-order valence-corrected chi connectivity index (χ0v) is 19.0. The number of amides is 1. The number of hydrogen-bond donors (Lipinski definition) is 2. The lowest BCUT2D eigenvalue weighted by atomic mass is 10.1. The van der Waals surface area contributed by atoms with Crippen molar-refractivity contribution in [3.8, 4) is 11.5 Å². The van der Waals surface area contributed by atoms with Crippen molar-refractivity contribution in [3.63, 3.8) is 0 Å². The predicted octanol–water partition coefficient (Wildman–Crippen LogP) is 2.12. The van der Waals surface area contributed by atoms with Gasteiger partial charge in [0.15, 0.2) is 0 Å². The van der Waals surface area contributed by atoms with Crippen LogP contribution in [0.2, 0.25) is 0 Å². The topological polar surface area (TPSA) is 87.7 Å². The second kappa shape index (κ2) is 9.29. The number of carbonyl (C=O) groups excluding carboxylic acids is 1. The summed E-state index contributed by atoms with van der Waals surface area (Å²) in [6.45, 7) is 5.05. The number of anilines is 1. The van der Waals surface area contributed by atoms with Crippen LogP contribution >= 0.6 is 0 Å². The smallest absolute Gasteiger partial charge is 0.290 e. The Hall–Kier alpha value is -3.30. The first kappa shape index (κ1) is 21.5. The highest BCUT2D eigenvalue weighted by atomic mass is 16.5. The Morgan fingerprint density at radius 1 is 1.18 bits per heavy atom. The van der Waals surface area contributed by atoms with Gasteiger partial charge in [-0.15, -0.1) is 0 Å². The Morgan fingerprint density at radius 3 is 2.85 bits per heavy atom. The van der Waals surface area contributed by atoms with Crippen molar-refractivity contribution in [1.29, 1.82) is 0 Å². The number of nitrogens with zero attached hydrogens (tertiary/aromatic N) is 3. The van der Waals surface area contributed by atoms with Crippen LogP contribution in [0.1, 0.15) is 17.2 Å². The minimum Gasteiger partial charge on any atom is -0.496 e. The van der Waals surface area contributed by atoms with Gasteiger partial charge in [-0.3, -0.25) is 9.69 Å². The summed E-state index contributed by atoms with van der Waals surface area (Å²) in [5.41, 5.74) is 3.47. The van der Waals surface area contributed by atoms with Gasteiger partial charge in [-0.05, 0) is 37.4 Å². The molecule has 2 N–H and O–H groups in total. The number of nitrogens with one attached hydrogen (secondary N) is 2. The van der Waals surface area contributed by atoms with E-state index in [-0.39, 0.29) is 11.9 Å². The lowest BCUT2D eigenvalue weighted by Crippen LogP contribution is -2.47. The van der Waals surface area contributed by atoms with Gasteiger partial charge in [-0.25, -0.2) is 0 Å². The van der Waals surface area contributed by atoms with Crippen LogP contribution in [0.25, 0.3) is 0 Å². The summed E-state index contributed by atoms with van der Waals surface area (Å²) in [4.78, 5) is 21.5. The van der Waals surface area contributed by atoms with Gasteiger partial charge in [0.2, 0.25) is 5.91 Å². The average Bonchev–Trinajstić information content (AvgIpc) is 3.23. The molecule has 0 radical (unpaired) electrons. The van der Waals surface area contributed by atoms with Gasteiger partial charge < -0.3 is 29.7 Å².